The molecule has 1 fully saturated rings. The predicted octanol–water partition coefficient (Wildman–Crippen LogP) is 6.81. The normalized spacial score (nSPS) is 15.1. The van der Waals surface area contributed by atoms with Crippen molar-refractivity contribution in [1.29, 1.82) is 0 Å². The number of para-hydroxylation sites is 2. The van der Waals surface area contributed by atoms with Crippen molar-refractivity contribution in [3.05, 3.63) is 98.9 Å². The van der Waals surface area contributed by atoms with E-state index in [1.54, 1.807) is 42.5 Å². The van der Waals surface area contributed by atoms with Crippen LogP contribution >= 0.6 is 35.0 Å². The molecule has 0 N–H and O–H groups in total. The first-order valence-corrected chi connectivity index (χ1v) is 10.6. The fourth-order valence-corrected chi connectivity index (χ4v) is 4.19. The van der Waals surface area contributed by atoms with Crippen LogP contribution in [0, 0.1) is 0 Å². The average molecular weight is 456 g/mol. The van der Waals surface area contributed by atoms with Crippen molar-refractivity contribution in [1.82, 2.24) is 0 Å². The zero-order valence-corrected chi connectivity index (χ0v) is 17.9. The van der Waals surface area contributed by atoms with E-state index in [0.29, 0.717) is 32.0 Å². The molecule has 1 saturated heterocycles. The van der Waals surface area contributed by atoms with Crippen LogP contribution in [-0.2, 0) is 11.4 Å². The molecule has 0 bridgehead atoms. The van der Waals surface area contributed by atoms with Gasteiger partial charge in [0, 0.05) is 16.1 Å². The van der Waals surface area contributed by atoms with Crippen LogP contribution in [0.25, 0.3) is 6.08 Å². The first-order valence-electron chi connectivity index (χ1n) is 9.02. The third kappa shape index (κ3) is 4.24. The Bertz CT molecular complexity index is 1160. The van der Waals surface area contributed by atoms with E-state index in [9.17, 15) is 9.59 Å². The monoisotopic (exact) mass is 455 g/mol. The molecule has 4 rings (SSSR count). The van der Waals surface area contributed by atoms with Crippen molar-refractivity contribution in [2.45, 2.75) is 6.61 Å². The highest BCUT2D eigenvalue weighted by atomic mass is 35.5. The molecule has 2 amide bonds. The van der Waals surface area contributed by atoms with Crippen molar-refractivity contribution in [3.8, 4) is 5.75 Å². The summed E-state index contributed by atoms with van der Waals surface area (Å²) in [5, 5.41) is 0.564. The quantitative estimate of drug-likeness (QED) is 0.396. The summed E-state index contributed by atoms with van der Waals surface area (Å²) < 4.78 is 5.94. The predicted molar refractivity (Wildman–Crippen MR) is 122 cm³/mol. The highest BCUT2D eigenvalue weighted by molar-refractivity contribution is 8.19. The Labute approximate surface area is 188 Å². The molecule has 0 radical (unpaired) electrons. The number of amides is 2. The molecule has 0 atom stereocenters. The Morgan fingerprint density at radius 1 is 0.867 bits per heavy atom. The van der Waals surface area contributed by atoms with E-state index in [4.69, 9.17) is 27.9 Å². The maximum absolute atomic E-state index is 12.9. The number of nitrogens with zero attached hydrogens (tertiary/aromatic N) is 1. The molecule has 30 heavy (non-hydrogen) atoms. The van der Waals surface area contributed by atoms with Gasteiger partial charge in [-0.25, -0.2) is 4.90 Å². The van der Waals surface area contributed by atoms with Crippen LogP contribution in [0.3, 0.4) is 0 Å². The van der Waals surface area contributed by atoms with Crippen molar-refractivity contribution < 1.29 is 14.3 Å². The van der Waals surface area contributed by atoms with Crippen LogP contribution < -0.4 is 9.64 Å². The van der Waals surface area contributed by atoms with E-state index < -0.39 is 11.1 Å². The fraction of sp³-hybridized carbons (Fsp3) is 0.0435. The van der Waals surface area contributed by atoms with Crippen LogP contribution in [-0.4, -0.2) is 11.1 Å². The number of hydrogen-bond donors (Lipinski definition) is 0. The van der Waals surface area contributed by atoms with Crippen LogP contribution in [0.1, 0.15) is 11.1 Å². The lowest BCUT2D eigenvalue weighted by molar-refractivity contribution is -0.113. The van der Waals surface area contributed by atoms with Gasteiger partial charge in [0.1, 0.15) is 12.4 Å². The van der Waals surface area contributed by atoms with Gasteiger partial charge in [0.25, 0.3) is 11.1 Å². The van der Waals surface area contributed by atoms with Gasteiger partial charge in [0.2, 0.25) is 0 Å². The standard InChI is InChI=1S/C23H15Cl2NO3S/c24-17-9-3-1-8-16(17)14-29-20-12-6-2-7-15(20)13-21-22(27)26(23(28)30-21)19-11-5-4-10-18(19)25/h1-13H,14H2/b21-13-. The van der Waals surface area contributed by atoms with Crippen molar-refractivity contribution in [2.75, 3.05) is 4.90 Å². The summed E-state index contributed by atoms with van der Waals surface area (Å²) in [7, 11) is 0. The number of carbonyl (C=O) groups is 2. The molecule has 4 nitrogen and oxygen atoms in total. The number of benzene rings is 3. The molecular weight excluding hydrogens is 441 g/mol. The molecule has 0 aliphatic carbocycles. The number of carbonyl (C=O) groups excluding carboxylic acids is 2. The minimum Gasteiger partial charge on any atom is -0.488 e. The molecule has 7 heteroatoms. The van der Waals surface area contributed by atoms with E-state index in [0.717, 1.165) is 22.2 Å². The summed E-state index contributed by atoms with van der Waals surface area (Å²) in [6, 6.07) is 21.5. The third-order valence-electron chi connectivity index (χ3n) is 4.43. The van der Waals surface area contributed by atoms with Gasteiger partial charge in [-0.2, -0.15) is 0 Å². The summed E-state index contributed by atoms with van der Waals surface area (Å²) in [6.07, 6.45) is 1.66. The maximum atomic E-state index is 12.9. The Hall–Kier alpha value is -2.73. The van der Waals surface area contributed by atoms with Crippen LogP contribution in [0.15, 0.2) is 77.7 Å². The topological polar surface area (TPSA) is 46.6 Å². The lowest BCUT2D eigenvalue weighted by atomic mass is 10.1. The number of anilines is 1. The van der Waals surface area contributed by atoms with E-state index in [1.165, 1.54) is 0 Å². The largest absolute Gasteiger partial charge is 0.488 e. The number of rotatable bonds is 5. The van der Waals surface area contributed by atoms with Crippen molar-refractivity contribution >= 4 is 57.9 Å². The molecule has 150 valence electrons. The Morgan fingerprint density at radius 3 is 2.30 bits per heavy atom. The lowest BCUT2D eigenvalue weighted by Gasteiger charge is -2.13. The summed E-state index contributed by atoms with van der Waals surface area (Å²) in [4.78, 5) is 26.8. The average Bonchev–Trinajstić information content (AvgIpc) is 3.02. The molecule has 1 aliphatic rings. The van der Waals surface area contributed by atoms with Gasteiger partial charge in [-0.3, -0.25) is 9.59 Å². The minimum absolute atomic E-state index is 0.283. The second-order valence-corrected chi connectivity index (χ2v) is 8.19. The van der Waals surface area contributed by atoms with Gasteiger partial charge in [-0.1, -0.05) is 71.7 Å². The lowest BCUT2D eigenvalue weighted by Crippen LogP contribution is -2.27. The summed E-state index contributed by atoms with van der Waals surface area (Å²) in [5.74, 6) is 0.168. The van der Waals surface area contributed by atoms with Gasteiger partial charge in [-0.15, -0.1) is 0 Å². The van der Waals surface area contributed by atoms with Gasteiger partial charge in [0.05, 0.1) is 15.6 Å². The van der Waals surface area contributed by atoms with E-state index in [1.807, 2.05) is 36.4 Å². The maximum Gasteiger partial charge on any atom is 0.298 e. The van der Waals surface area contributed by atoms with Crippen molar-refractivity contribution in [3.63, 3.8) is 0 Å². The molecule has 1 aliphatic heterocycles. The molecule has 3 aromatic carbocycles. The highest BCUT2D eigenvalue weighted by Crippen LogP contribution is 2.39. The van der Waals surface area contributed by atoms with E-state index in [-0.39, 0.29) is 6.61 Å². The van der Waals surface area contributed by atoms with E-state index >= 15 is 0 Å². The van der Waals surface area contributed by atoms with Crippen LogP contribution in [0.5, 0.6) is 5.75 Å². The number of thioether (sulfide) groups is 1. The fourth-order valence-electron chi connectivity index (χ4n) is 2.95. The Kier molecular flexibility index (Phi) is 6.13. The van der Waals surface area contributed by atoms with Gasteiger partial charge in [-0.05, 0) is 42.1 Å². The molecule has 0 spiro atoms. The number of imide groups is 1. The van der Waals surface area contributed by atoms with Gasteiger partial charge >= 0.3 is 0 Å². The zero-order chi connectivity index (χ0) is 21.1. The number of ether oxygens (including phenoxy) is 1. The molecular formula is C23H15Cl2NO3S. The number of hydrogen-bond acceptors (Lipinski definition) is 4. The molecule has 0 aromatic heterocycles. The van der Waals surface area contributed by atoms with E-state index in [2.05, 4.69) is 0 Å². The second-order valence-electron chi connectivity index (χ2n) is 6.39. The first-order chi connectivity index (χ1) is 14.5. The smallest absolute Gasteiger partial charge is 0.298 e. The van der Waals surface area contributed by atoms with Crippen LogP contribution in [0.4, 0.5) is 10.5 Å². The molecule has 1 heterocycles. The summed E-state index contributed by atoms with van der Waals surface area (Å²) in [5.41, 5.74) is 1.91. The highest BCUT2D eigenvalue weighted by Gasteiger charge is 2.37. The van der Waals surface area contributed by atoms with Crippen LogP contribution in [0.2, 0.25) is 10.0 Å². The third-order valence-corrected chi connectivity index (χ3v) is 5.99. The minimum atomic E-state index is -0.418. The molecule has 3 aromatic rings. The summed E-state index contributed by atoms with van der Waals surface area (Å²) in [6.45, 7) is 0.283. The van der Waals surface area contributed by atoms with Gasteiger partial charge < -0.3 is 4.74 Å². The number of halogens is 2. The molecule has 0 unspecified atom stereocenters. The first kappa shape index (κ1) is 20.5. The Balaban J connectivity index is 1.60. The SMILES string of the molecule is O=C1S/C(=C\c2ccccc2OCc2ccccc2Cl)C(=O)N1c1ccccc1Cl. The zero-order valence-electron chi connectivity index (χ0n) is 15.5. The van der Waals surface area contributed by atoms with Gasteiger partial charge in [0.15, 0.2) is 0 Å². The summed E-state index contributed by atoms with van der Waals surface area (Å²) >= 11 is 13.2. The second kappa shape index (κ2) is 8.96. The Morgan fingerprint density at radius 2 is 1.53 bits per heavy atom. The molecule has 0 saturated carbocycles. The van der Waals surface area contributed by atoms with Crippen molar-refractivity contribution in [2.24, 2.45) is 0 Å².